The third-order valence-corrected chi connectivity index (χ3v) is 3.01. The fourth-order valence-electron chi connectivity index (χ4n) is 2.10. The lowest BCUT2D eigenvalue weighted by Crippen LogP contribution is -2.43. The Morgan fingerprint density at radius 3 is 2.69 bits per heavy atom. The van der Waals surface area contributed by atoms with E-state index in [2.05, 4.69) is 11.9 Å². The monoisotopic (exact) mass is 227 g/mol. The van der Waals surface area contributed by atoms with Crippen LogP contribution >= 0.6 is 0 Å². The van der Waals surface area contributed by atoms with Gasteiger partial charge in [0, 0.05) is 13.1 Å². The van der Waals surface area contributed by atoms with E-state index in [1.54, 1.807) is 0 Å². The van der Waals surface area contributed by atoms with Crippen LogP contribution in [0.2, 0.25) is 0 Å². The minimum Gasteiger partial charge on any atom is -0.389 e. The predicted octanol–water partition coefficient (Wildman–Crippen LogP) is 1.86. The molecule has 3 heteroatoms. The van der Waals surface area contributed by atoms with Crippen LogP contribution in [0.3, 0.4) is 0 Å². The van der Waals surface area contributed by atoms with Gasteiger partial charge in [0.2, 0.25) is 0 Å². The summed E-state index contributed by atoms with van der Waals surface area (Å²) in [7, 11) is 0. The second-order valence-electron chi connectivity index (χ2n) is 4.97. The van der Waals surface area contributed by atoms with Crippen LogP contribution < -0.4 is 5.32 Å². The summed E-state index contributed by atoms with van der Waals surface area (Å²) >= 11 is 0. The Labute approximate surface area is 98.9 Å². The van der Waals surface area contributed by atoms with Crippen LogP contribution in [0.5, 0.6) is 0 Å². The molecule has 0 atom stereocenters. The maximum atomic E-state index is 10.2. The zero-order chi connectivity index (χ0) is 11.9. The first kappa shape index (κ1) is 13.7. The summed E-state index contributed by atoms with van der Waals surface area (Å²) in [6.45, 7) is 8.54. The van der Waals surface area contributed by atoms with Crippen LogP contribution in [0.4, 0.5) is 0 Å². The van der Waals surface area contributed by atoms with Crippen molar-refractivity contribution < 1.29 is 9.84 Å². The molecule has 1 aliphatic carbocycles. The standard InChI is InChI=1S/C13H25NO2/c1-12(2)10-16-9-8-14-11-13(15)6-4-3-5-7-13/h14-15H,1,3-11H2,2H3. The van der Waals surface area contributed by atoms with Crippen molar-refractivity contribution in [1.29, 1.82) is 0 Å². The normalized spacial score (nSPS) is 19.6. The zero-order valence-electron chi connectivity index (χ0n) is 10.4. The van der Waals surface area contributed by atoms with Crippen LogP contribution in [0, 0.1) is 0 Å². The first-order chi connectivity index (χ1) is 7.62. The van der Waals surface area contributed by atoms with E-state index in [0.29, 0.717) is 19.8 Å². The van der Waals surface area contributed by atoms with E-state index < -0.39 is 5.60 Å². The van der Waals surface area contributed by atoms with Gasteiger partial charge < -0.3 is 15.2 Å². The van der Waals surface area contributed by atoms with Crippen molar-refractivity contribution in [3.05, 3.63) is 12.2 Å². The van der Waals surface area contributed by atoms with Crippen molar-refractivity contribution in [3.8, 4) is 0 Å². The molecule has 1 aliphatic rings. The SMILES string of the molecule is C=C(C)COCCNCC1(O)CCCCC1. The van der Waals surface area contributed by atoms with Crippen molar-refractivity contribution in [2.24, 2.45) is 0 Å². The molecular formula is C13H25NO2. The van der Waals surface area contributed by atoms with Crippen LogP contribution in [-0.4, -0.2) is 37.0 Å². The Morgan fingerprint density at radius 1 is 1.38 bits per heavy atom. The number of rotatable bonds is 7. The summed E-state index contributed by atoms with van der Waals surface area (Å²) in [5, 5.41) is 13.5. The third-order valence-electron chi connectivity index (χ3n) is 3.01. The summed E-state index contributed by atoms with van der Waals surface area (Å²) in [6, 6.07) is 0. The molecule has 0 aliphatic heterocycles. The minimum absolute atomic E-state index is 0.466. The molecule has 0 amide bonds. The highest BCUT2D eigenvalue weighted by atomic mass is 16.5. The molecule has 1 saturated carbocycles. The lowest BCUT2D eigenvalue weighted by atomic mass is 9.85. The Bertz CT molecular complexity index is 210. The van der Waals surface area contributed by atoms with Gasteiger partial charge in [-0.25, -0.2) is 0 Å². The molecule has 16 heavy (non-hydrogen) atoms. The van der Waals surface area contributed by atoms with Gasteiger partial charge in [0.25, 0.3) is 0 Å². The average molecular weight is 227 g/mol. The molecule has 0 spiro atoms. The topological polar surface area (TPSA) is 41.5 Å². The molecule has 1 rings (SSSR count). The Kier molecular flexibility index (Phi) is 6.03. The lowest BCUT2D eigenvalue weighted by molar-refractivity contribution is 0.00365. The maximum Gasteiger partial charge on any atom is 0.0771 e. The van der Waals surface area contributed by atoms with Crippen molar-refractivity contribution in [2.45, 2.75) is 44.6 Å². The summed E-state index contributed by atoms with van der Waals surface area (Å²) in [5.74, 6) is 0. The summed E-state index contributed by atoms with van der Waals surface area (Å²) in [4.78, 5) is 0. The van der Waals surface area contributed by atoms with E-state index in [0.717, 1.165) is 37.8 Å². The molecule has 0 radical (unpaired) electrons. The molecule has 0 unspecified atom stereocenters. The van der Waals surface area contributed by atoms with Gasteiger partial charge in [0.1, 0.15) is 0 Å². The van der Waals surface area contributed by atoms with E-state index in [-0.39, 0.29) is 0 Å². The molecule has 2 N–H and O–H groups in total. The van der Waals surface area contributed by atoms with Gasteiger partial charge in [-0.15, -0.1) is 0 Å². The number of nitrogens with one attached hydrogen (secondary N) is 1. The van der Waals surface area contributed by atoms with Crippen molar-refractivity contribution in [1.82, 2.24) is 5.32 Å². The van der Waals surface area contributed by atoms with Crippen molar-refractivity contribution >= 4 is 0 Å². The second-order valence-corrected chi connectivity index (χ2v) is 4.97. The van der Waals surface area contributed by atoms with E-state index in [4.69, 9.17) is 4.74 Å². The molecule has 94 valence electrons. The van der Waals surface area contributed by atoms with Gasteiger partial charge in [0.15, 0.2) is 0 Å². The van der Waals surface area contributed by atoms with Crippen LogP contribution in [0.25, 0.3) is 0 Å². The summed E-state index contributed by atoms with van der Waals surface area (Å²) < 4.78 is 5.37. The van der Waals surface area contributed by atoms with E-state index in [9.17, 15) is 5.11 Å². The zero-order valence-corrected chi connectivity index (χ0v) is 10.4. The molecule has 0 aromatic rings. The fraction of sp³-hybridized carbons (Fsp3) is 0.846. The largest absolute Gasteiger partial charge is 0.389 e. The highest BCUT2D eigenvalue weighted by molar-refractivity contribution is 4.87. The average Bonchev–Trinajstić information content (AvgIpc) is 2.24. The summed E-state index contributed by atoms with van der Waals surface area (Å²) in [6.07, 6.45) is 5.46. The predicted molar refractivity (Wildman–Crippen MR) is 66.5 cm³/mol. The van der Waals surface area contributed by atoms with Gasteiger partial charge in [-0.1, -0.05) is 31.4 Å². The second kappa shape index (κ2) is 7.05. The van der Waals surface area contributed by atoms with Gasteiger partial charge >= 0.3 is 0 Å². The minimum atomic E-state index is -0.466. The van der Waals surface area contributed by atoms with Crippen LogP contribution in [0.1, 0.15) is 39.0 Å². The number of hydrogen-bond donors (Lipinski definition) is 2. The molecule has 0 heterocycles. The molecule has 0 aromatic carbocycles. The molecule has 0 bridgehead atoms. The van der Waals surface area contributed by atoms with E-state index in [1.807, 2.05) is 6.92 Å². The van der Waals surface area contributed by atoms with Crippen molar-refractivity contribution in [3.63, 3.8) is 0 Å². The smallest absolute Gasteiger partial charge is 0.0771 e. The molecule has 0 aromatic heterocycles. The van der Waals surface area contributed by atoms with E-state index in [1.165, 1.54) is 6.42 Å². The molecule has 0 saturated heterocycles. The molecule has 1 fully saturated rings. The highest BCUT2D eigenvalue weighted by Crippen LogP contribution is 2.27. The number of ether oxygens (including phenoxy) is 1. The first-order valence-electron chi connectivity index (χ1n) is 6.28. The van der Waals surface area contributed by atoms with Crippen LogP contribution in [-0.2, 0) is 4.74 Å². The van der Waals surface area contributed by atoms with Crippen molar-refractivity contribution in [2.75, 3.05) is 26.3 Å². The van der Waals surface area contributed by atoms with Gasteiger partial charge in [-0.05, 0) is 19.8 Å². The summed E-state index contributed by atoms with van der Waals surface area (Å²) in [5.41, 5.74) is 0.581. The quantitative estimate of drug-likeness (QED) is 0.515. The fourth-order valence-corrected chi connectivity index (χ4v) is 2.10. The van der Waals surface area contributed by atoms with Gasteiger partial charge in [0.05, 0.1) is 18.8 Å². The molecule has 3 nitrogen and oxygen atoms in total. The first-order valence-corrected chi connectivity index (χ1v) is 6.28. The maximum absolute atomic E-state index is 10.2. The Hall–Kier alpha value is -0.380. The van der Waals surface area contributed by atoms with E-state index >= 15 is 0 Å². The highest BCUT2D eigenvalue weighted by Gasteiger charge is 2.28. The number of hydrogen-bond acceptors (Lipinski definition) is 3. The lowest BCUT2D eigenvalue weighted by Gasteiger charge is -2.32. The van der Waals surface area contributed by atoms with Gasteiger partial charge in [-0.3, -0.25) is 0 Å². The van der Waals surface area contributed by atoms with Gasteiger partial charge in [-0.2, -0.15) is 0 Å². The number of aliphatic hydroxyl groups is 1. The van der Waals surface area contributed by atoms with Crippen LogP contribution in [0.15, 0.2) is 12.2 Å². The Morgan fingerprint density at radius 2 is 2.06 bits per heavy atom. The molecular weight excluding hydrogens is 202 g/mol. The third kappa shape index (κ3) is 5.64. The Balaban J connectivity index is 1.99.